The summed E-state index contributed by atoms with van der Waals surface area (Å²) in [5, 5.41) is 12.1. The molecule has 2 N–H and O–H groups in total. The van der Waals surface area contributed by atoms with Crippen molar-refractivity contribution >= 4 is 17.6 Å². The molecule has 0 unspecified atom stereocenters. The minimum Gasteiger partial charge on any atom is -0.489 e. The molecule has 0 atom stereocenters. The minimum absolute atomic E-state index is 0.135. The normalized spacial score (nSPS) is 10.4. The fraction of sp³-hybridized carbons (Fsp3) is 0.130. The number of nitrogens with one attached hydrogen (secondary N) is 1. The Morgan fingerprint density at radius 3 is 2.36 bits per heavy atom. The van der Waals surface area contributed by atoms with E-state index in [1.54, 1.807) is 48.5 Å². The number of aromatic carboxylic acids is 1. The molecule has 5 nitrogen and oxygen atoms in total. The summed E-state index contributed by atoms with van der Waals surface area (Å²) in [5.41, 5.74) is 4.25. The Kier molecular flexibility index (Phi) is 5.75. The average Bonchev–Trinajstić information content (AvgIpc) is 2.70. The zero-order chi connectivity index (χ0) is 20.1. The molecule has 142 valence electrons. The lowest BCUT2D eigenvalue weighted by atomic mass is 10.1. The number of carboxylic acid groups (broad SMARTS) is 1. The van der Waals surface area contributed by atoms with Crippen LogP contribution in [0.1, 0.15) is 37.4 Å². The second-order valence-corrected chi connectivity index (χ2v) is 6.48. The summed E-state index contributed by atoms with van der Waals surface area (Å²) in [5.74, 6) is -0.627. The highest BCUT2D eigenvalue weighted by Gasteiger charge is 2.11. The molecule has 0 spiro atoms. The third-order valence-electron chi connectivity index (χ3n) is 4.61. The van der Waals surface area contributed by atoms with Crippen LogP contribution in [0.25, 0.3) is 0 Å². The van der Waals surface area contributed by atoms with E-state index in [0.717, 1.165) is 16.8 Å². The Morgan fingerprint density at radius 1 is 0.929 bits per heavy atom. The summed E-state index contributed by atoms with van der Waals surface area (Å²) in [6.45, 7) is 4.10. The van der Waals surface area contributed by atoms with Crippen molar-refractivity contribution in [3.8, 4) is 5.75 Å². The van der Waals surface area contributed by atoms with Crippen LogP contribution >= 0.6 is 0 Å². The van der Waals surface area contributed by atoms with Gasteiger partial charge < -0.3 is 15.2 Å². The summed E-state index contributed by atoms with van der Waals surface area (Å²) < 4.78 is 5.68. The second kappa shape index (κ2) is 8.39. The van der Waals surface area contributed by atoms with E-state index < -0.39 is 5.97 Å². The Labute approximate surface area is 163 Å². The van der Waals surface area contributed by atoms with Crippen LogP contribution in [0.2, 0.25) is 0 Å². The number of carbonyl (C=O) groups is 2. The van der Waals surface area contributed by atoms with Crippen LogP contribution in [0.15, 0.2) is 66.7 Å². The molecule has 0 aliphatic rings. The zero-order valence-corrected chi connectivity index (χ0v) is 15.7. The Morgan fingerprint density at radius 2 is 1.64 bits per heavy atom. The Balaban J connectivity index is 1.66. The van der Waals surface area contributed by atoms with Gasteiger partial charge in [0.1, 0.15) is 12.4 Å². The molecule has 3 aromatic rings. The van der Waals surface area contributed by atoms with Crippen molar-refractivity contribution in [2.24, 2.45) is 0 Å². The number of benzene rings is 3. The van der Waals surface area contributed by atoms with E-state index in [1.807, 2.05) is 32.0 Å². The van der Waals surface area contributed by atoms with Crippen molar-refractivity contribution in [1.82, 2.24) is 0 Å². The topological polar surface area (TPSA) is 75.6 Å². The van der Waals surface area contributed by atoms with E-state index in [2.05, 4.69) is 5.32 Å². The number of aryl methyl sites for hydroxylation is 1. The molecule has 0 fully saturated rings. The van der Waals surface area contributed by atoms with Crippen molar-refractivity contribution < 1.29 is 19.4 Å². The maximum atomic E-state index is 12.5. The molecule has 1 amide bonds. The van der Waals surface area contributed by atoms with Gasteiger partial charge in [0.15, 0.2) is 0 Å². The van der Waals surface area contributed by atoms with E-state index in [1.165, 1.54) is 0 Å². The Hall–Kier alpha value is -3.60. The van der Waals surface area contributed by atoms with Gasteiger partial charge in [-0.1, -0.05) is 30.3 Å². The van der Waals surface area contributed by atoms with Gasteiger partial charge in [0.2, 0.25) is 0 Å². The molecule has 0 bridgehead atoms. The zero-order valence-electron chi connectivity index (χ0n) is 15.7. The van der Waals surface area contributed by atoms with Gasteiger partial charge in [-0.15, -0.1) is 0 Å². The highest BCUT2D eigenvalue weighted by molar-refractivity contribution is 6.04. The third-order valence-corrected chi connectivity index (χ3v) is 4.61. The smallest absolute Gasteiger partial charge is 0.336 e. The predicted octanol–water partition coefficient (Wildman–Crippen LogP) is 4.83. The van der Waals surface area contributed by atoms with Gasteiger partial charge in [0.05, 0.1) is 5.56 Å². The fourth-order valence-corrected chi connectivity index (χ4v) is 2.80. The van der Waals surface area contributed by atoms with E-state index in [-0.39, 0.29) is 18.1 Å². The SMILES string of the molecule is Cc1cccc(NC(=O)c2ccc(OCc3ccccc3C(=O)O)cc2)c1C. The molecule has 0 aromatic heterocycles. The fourth-order valence-electron chi connectivity index (χ4n) is 2.80. The number of amides is 1. The van der Waals surface area contributed by atoms with Crippen molar-refractivity contribution in [2.75, 3.05) is 5.32 Å². The van der Waals surface area contributed by atoms with E-state index in [9.17, 15) is 14.7 Å². The molecule has 0 saturated heterocycles. The van der Waals surface area contributed by atoms with E-state index in [4.69, 9.17) is 4.74 Å². The number of anilines is 1. The molecule has 0 heterocycles. The first kappa shape index (κ1) is 19.2. The maximum absolute atomic E-state index is 12.5. The van der Waals surface area contributed by atoms with Gasteiger partial charge in [-0.25, -0.2) is 4.79 Å². The molecule has 0 radical (unpaired) electrons. The summed E-state index contributed by atoms with van der Waals surface area (Å²) >= 11 is 0. The number of hydrogen-bond donors (Lipinski definition) is 2. The van der Waals surface area contributed by atoms with Crippen molar-refractivity contribution in [3.05, 3.63) is 94.5 Å². The van der Waals surface area contributed by atoms with Gasteiger partial charge >= 0.3 is 5.97 Å². The number of rotatable bonds is 6. The van der Waals surface area contributed by atoms with Crippen LogP contribution in [-0.2, 0) is 6.61 Å². The molecular weight excluding hydrogens is 354 g/mol. The van der Waals surface area contributed by atoms with Crippen LogP contribution < -0.4 is 10.1 Å². The molecule has 0 aliphatic carbocycles. The largest absolute Gasteiger partial charge is 0.489 e. The third kappa shape index (κ3) is 4.38. The number of hydrogen-bond acceptors (Lipinski definition) is 3. The molecule has 3 rings (SSSR count). The van der Waals surface area contributed by atoms with Crippen LogP contribution in [-0.4, -0.2) is 17.0 Å². The van der Waals surface area contributed by atoms with E-state index >= 15 is 0 Å². The van der Waals surface area contributed by atoms with Crippen LogP contribution in [0, 0.1) is 13.8 Å². The van der Waals surface area contributed by atoms with Crippen molar-refractivity contribution in [3.63, 3.8) is 0 Å². The average molecular weight is 375 g/mol. The Bertz CT molecular complexity index is 1010. The molecule has 0 saturated carbocycles. The molecule has 28 heavy (non-hydrogen) atoms. The summed E-state index contributed by atoms with van der Waals surface area (Å²) in [4.78, 5) is 23.7. The van der Waals surface area contributed by atoms with Crippen molar-refractivity contribution in [2.45, 2.75) is 20.5 Å². The standard InChI is InChI=1S/C23H21NO4/c1-15-6-5-9-21(16(15)2)24-22(25)17-10-12-19(13-11-17)28-14-18-7-3-4-8-20(18)23(26)27/h3-13H,14H2,1-2H3,(H,24,25)(H,26,27). The van der Waals surface area contributed by atoms with E-state index in [0.29, 0.717) is 16.9 Å². The molecule has 3 aromatic carbocycles. The number of carbonyl (C=O) groups excluding carboxylic acids is 1. The van der Waals surface area contributed by atoms with Crippen LogP contribution in [0.3, 0.4) is 0 Å². The van der Waals surface area contributed by atoms with Crippen LogP contribution in [0.5, 0.6) is 5.75 Å². The summed E-state index contributed by atoms with van der Waals surface area (Å²) in [6.07, 6.45) is 0. The quantitative estimate of drug-likeness (QED) is 0.647. The first-order valence-corrected chi connectivity index (χ1v) is 8.87. The van der Waals surface area contributed by atoms with Crippen LogP contribution in [0.4, 0.5) is 5.69 Å². The molecule has 5 heteroatoms. The van der Waals surface area contributed by atoms with Gasteiger partial charge in [-0.05, 0) is 61.4 Å². The minimum atomic E-state index is -0.988. The lowest BCUT2D eigenvalue weighted by Gasteiger charge is -2.11. The van der Waals surface area contributed by atoms with Gasteiger partial charge in [-0.3, -0.25) is 4.79 Å². The van der Waals surface area contributed by atoms with Crippen molar-refractivity contribution in [1.29, 1.82) is 0 Å². The predicted molar refractivity (Wildman–Crippen MR) is 108 cm³/mol. The lowest BCUT2D eigenvalue weighted by molar-refractivity contribution is 0.0693. The first-order chi connectivity index (χ1) is 13.5. The monoisotopic (exact) mass is 375 g/mol. The second-order valence-electron chi connectivity index (χ2n) is 6.48. The molecular formula is C23H21NO4. The maximum Gasteiger partial charge on any atom is 0.336 e. The number of carboxylic acids is 1. The molecule has 0 aliphatic heterocycles. The van der Waals surface area contributed by atoms with Gasteiger partial charge in [-0.2, -0.15) is 0 Å². The lowest BCUT2D eigenvalue weighted by Crippen LogP contribution is -2.13. The highest BCUT2D eigenvalue weighted by atomic mass is 16.5. The number of ether oxygens (including phenoxy) is 1. The summed E-state index contributed by atoms with van der Waals surface area (Å²) in [7, 11) is 0. The van der Waals surface area contributed by atoms with Gasteiger partial charge in [0.25, 0.3) is 5.91 Å². The van der Waals surface area contributed by atoms with Gasteiger partial charge in [0, 0.05) is 16.8 Å². The highest BCUT2D eigenvalue weighted by Crippen LogP contribution is 2.20. The summed E-state index contributed by atoms with van der Waals surface area (Å²) in [6, 6.07) is 19.2. The first-order valence-electron chi connectivity index (χ1n) is 8.87.